The first-order chi connectivity index (χ1) is 6.63. The lowest BCUT2D eigenvalue weighted by molar-refractivity contribution is 0.224. The van der Waals surface area contributed by atoms with E-state index in [0.717, 1.165) is 5.56 Å². The fraction of sp³-hybridized carbons (Fsp3) is 0.222. The van der Waals surface area contributed by atoms with E-state index in [2.05, 4.69) is 10.6 Å². The predicted octanol–water partition coefficient (Wildman–Crippen LogP) is 2.14. The molecule has 0 atom stereocenters. The number of amides is 2. The van der Waals surface area contributed by atoms with E-state index >= 15 is 0 Å². The summed E-state index contributed by atoms with van der Waals surface area (Å²) in [4.78, 5) is 21.2. The van der Waals surface area contributed by atoms with Gasteiger partial charge in [-0.2, -0.15) is 5.01 Å². The van der Waals surface area contributed by atoms with E-state index in [-0.39, 0.29) is 0 Å². The maximum Gasteiger partial charge on any atom is 0.344 e. The third-order valence-electron chi connectivity index (χ3n) is 1.69. The molecule has 1 N–H and O–H groups in total. The second-order valence-electron chi connectivity index (χ2n) is 2.90. The Morgan fingerprint density at radius 3 is 2.79 bits per heavy atom. The van der Waals surface area contributed by atoms with E-state index in [1.54, 1.807) is 12.1 Å². The Morgan fingerprint density at radius 1 is 1.50 bits per heavy atom. The van der Waals surface area contributed by atoms with Crippen molar-refractivity contribution in [3.8, 4) is 0 Å². The molecule has 1 rings (SSSR count). The van der Waals surface area contributed by atoms with Gasteiger partial charge in [-0.05, 0) is 24.6 Å². The molecular formula is C9H11N3O2. The Hall–Kier alpha value is -1.91. The Morgan fingerprint density at radius 2 is 2.21 bits per heavy atom. The van der Waals surface area contributed by atoms with Crippen molar-refractivity contribution in [1.29, 1.82) is 0 Å². The van der Waals surface area contributed by atoms with Crippen LogP contribution in [0.3, 0.4) is 0 Å². The average Bonchev–Trinajstić information content (AvgIpc) is 2.16. The molecule has 2 amide bonds. The summed E-state index contributed by atoms with van der Waals surface area (Å²) in [5.74, 6) is 0. The number of carbonyl (C=O) groups is 1. The predicted molar refractivity (Wildman–Crippen MR) is 53.8 cm³/mol. The zero-order chi connectivity index (χ0) is 10.6. The molecule has 14 heavy (non-hydrogen) atoms. The van der Waals surface area contributed by atoms with Crippen molar-refractivity contribution < 1.29 is 4.79 Å². The number of nitroso groups, excluding NO2 is 1. The van der Waals surface area contributed by atoms with Gasteiger partial charge in [0.25, 0.3) is 0 Å². The summed E-state index contributed by atoms with van der Waals surface area (Å²) < 4.78 is 0. The molecule has 74 valence electrons. The molecular weight excluding hydrogens is 182 g/mol. The third-order valence-corrected chi connectivity index (χ3v) is 1.69. The number of nitrogens with zero attached hydrogens (tertiary/aromatic N) is 2. The monoisotopic (exact) mass is 193 g/mol. The van der Waals surface area contributed by atoms with Crippen molar-refractivity contribution in [3.63, 3.8) is 0 Å². The first-order valence-corrected chi connectivity index (χ1v) is 4.08. The van der Waals surface area contributed by atoms with Crippen LogP contribution in [0.25, 0.3) is 0 Å². The number of anilines is 1. The first kappa shape index (κ1) is 10.2. The van der Waals surface area contributed by atoms with Crippen LogP contribution in [0.15, 0.2) is 29.6 Å². The number of rotatable bonds is 2. The zero-order valence-electron chi connectivity index (χ0n) is 8.02. The highest BCUT2D eigenvalue weighted by molar-refractivity contribution is 5.88. The maximum absolute atomic E-state index is 11.2. The molecule has 0 aliphatic carbocycles. The van der Waals surface area contributed by atoms with Crippen LogP contribution in [0.1, 0.15) is 5.56 Å². The highest BCUT2D eigenvalue weighted by atomic mass is 16.3. The average molecular weight is 193 g/mol. The summed E-state index contributed by atoms with van der Waals surface area (Å²) in [5.41, 5.74) is 1.68. The van der Waals surface area contributed by atoms with E-state index < -0.39 is 6.03 Å². The molecule has 0 aromatic heterocycles. The Kier molecular flexibility index (Phi) is 3.17. The molecule has 0 saturated carbocycles. The van der Waals surface area contributed by atoms with Crippen LogP contribution in [0, 0.1) is 11.8 Å². The van der Waals surface area contributed by atoms with Crippen molar-refractivity contribution in [3.05, 3.63) is 34.7 Å². The van der Waals surface area contributed by atoms with Gasteiger partial charge in [0.15, 0.2) is 0 Å². The Labute approximate surface area is 81.7 Å². The molecule has 0 heterocycles. The molecule has 0 aliphatic heterocycles. The van der Waals surface area contributed by atoms with Gasteiger partial charge in [-0.25, -0.2) is 4.79 Å². The molecule has 0 aliphatic rings. The van der Waals surface area contributed by atoms with Crippen LogP contribution >= 0.6 is 0 Å². The molecule has 0 unspecified atom stereocenters. The van der Waals surface area contributed by atoms with Crippen LogP contribution < -0.4 is 5.32 Å². The minimum Gasteiger partial charge on any atom is -0.306 e. The van der Waals surface area contributed by atoms with Crippen LogP contribution in [0.4, 0.5) is 10.5 Å². The van der Waals surface area contributed by atoms with Crippen LogP contribution in [-0.2, 0) is 0 Å². The number of aryl methyl sites for hydroxylation is 1. The maximum atomic E-state index is 11.2. The standard InChI is InChI=1S/C9H11N3O2/c1-7-4-3-5-8(6-7)10-9(13)12(2)11-14/h3-6H,1-2H3,(H,10,13). The molecule has 0 saturated heterocycles. The van der Waals surface area contributed by atoms with Crippen molar-refractivity contribution in [1.82, 2.24) is 5.01 Å². The topological polar surface area (TPSA) is 61.8 Å². The van der Waals surface area contributed by atoms with Crippen molar-refractivity contribution >= 4 is 11.7 Å². The van der Waals surface area contributed by atoms with E-state index in [9.17, 15) is 9.70 Å². The summed E-state index contributed by atoms with van der Waals surface area (Å²) >= 11 is 0. The smallest absolute Gasteiger partial charge is 0.306 e. The molecule has 5 heteroatoms. The zero-order valence-corrected chi connectivity index (χ0v) is 8.02. The summed E-state index contributed by atoms with van der Waals surface area (Å²) in [6.45, 7) is 1.91. The highest BCUT2D eigenvalue weighted by Crippen LogP contribution is 2.09. The minimum atomic E-state index is -0.550. The third kappa shape index (κ3) is 2.55. The summed E-state index contributed by atoms with van der Waals surface area (Å²) in [6.07, 6.45) is 0. The first-order valence-electron chi connectivity index (χ1n) is 4.08. The molecule has 5 nitrogen and oxygen atoms in total. The SMILES string of the molecule is Cc1cccc(NC(=O)N(C)N=O)c1. The van der Waals surface area contributed by atoms with Crippen LogP contribution in [0.2, 0.25) is 0 Å². The number of hydrogen-bond donors (Lipinski definition) is 1. The lowest BCUT2D eigenvalue weighted by atomic mass is 10.2. The van der Waals surface area contributed by atoms with Crippen molar-refractivity contribution in [2.75, 3.05) is 12.4 Å². The Bertz CT molecular complexity index is 352. The second-order valence-corrected chi connectivity index (χ2v) is 2.90. The Balaban J connectivity index is 2.69. The van der Waals surface area contributed by atoms with Gasteiger partial charge in [0.05, 0.1) is 5.29 Å². The van der Waals surface area contributed by atoms with E-state index in [4.69, 9.17) is 0 Å². The minimum absolute atomic E-state index is 0.550. The number of nitrogens with one attached hydrogen (secondary N) is 1. The fourth-order valence-electron chi connectivity index (χ4n) is 0.964. The number of carbonyl (C=O) groups excluding carboxylic acids is 1. The van der Waals surface area contributed by atoms with Gasteiger partial charge in [0.1, 0.15) is 0 Å². The molecule has 0 spiro atoms. The molecule has 1 aromatic carbocycles. The van der Waals surface area contributed by atoms with Crippen LogP contribution in [-0.4, -0.2) is 18.1 Å². The summed E-state index contributed by atoms with van der Waals surface area (Å²) in [7, 11) is 1.29. The van der Waals surface area contributed by atoms with Gasteiger partial charge < -0.3 is 5.32 Å². The van der Waals surface area contributed by atoms with Gasteiger partial charge in [0.2, 0.25) is 0 Å². The van der Waals surface area contributed by atoms with Gasteiger partial charge in [-0.15, -0.1) is 4.91 Å². The lowest BCUT2D eigenvalue weighted by Crippen LogP contribution is -2.26. The van der Waals surface area contributed by atoms with Crippen molar-refractivity contribution in [2.45, 2.75) is 6.92 Å². The largest absolute Gasteiger partial charge is 0.344 e. The molecule has 1 aromatic rings. The van der Waals surface area contributed by atoms with Crippen LogP contribution in [0.5, 0.6) is 0 Å². The highest BCUT2D eigenvalue weighted by Gasteiger charge is 2.07. The van der Waals surface area contributed by atoms with Gasteiger partial charge >= 0.3 is 6.03 Å². The second kappa shape index (κ2) is 4.36. The summed E-state index contributed by atoms with van der Waals surface area (Å²) in [6, 6.07) is 6.72. The van der Waals surface area contributed by atoms with Gasteiger partial charge in [0, 0.05) is 12.7 Å². The molecule has 0 radical (unpaired) electrons. The molecule has 0 bridgehead atoms. The van der Waals surface area contributed by atoms with E-state index in [0.29, 0.717) is 10.7 Å². The quantitative estimate of drug-likeness (QED) is 0.577. The normalized spacial score (nSPS) is 9.29. The van der Waals surface area contributed by atoms with Gasteiger partial charge in [-0.3, -0.25) is 0 Å². The van der Waals surface area contributed by atoms with E-state index in [1.165, 1.54) is 7.05 Å². The number of hydrogen-bond acceptors (Lipinski definition) is 3. The van der Waals surface area contributed by atoms with Gasteiger partial charge in [-0.1, -0.05) is 12.1 Å². The molecule has 0 fully saturated rings. The fourth-order valence-corrected chi connectivity index (χ4v) is 0.964. The van der Waals surface area contributed by atoms with E-state index in [1.807, 2.05) is 19.1 Å². The van der Waals surface area contributed by atoms with Crippen molar-refractivity contribution in [2.24, 2.45) is 5.29 Å². The number of benzene rings is 1. The number of urea groups is 1. The lowest BCUT2D eigenvalue weighted by Gasteiger charge is -2.09. The summed E-state index contributed by atoms with van der Waals surface area (Å²) in [5, 5.41) is 5.70.